The molecule has 1 saturated heterocycles. The average Bonchev–Trinajstić information content (AvgIpc) is 2.67. The van der Waals surface area contributed by atoms with Crippen LogP contribution in [0.3, 0.4) is 0 Å². The maximum atomic E-state index is 13.1. The summed E-state index contributed by atoms with van der Waals surface area (Å²) in [5, 5.41) is 11.6. The summed E-state index contributed by atoms with van der Waals surface area (Å²) >= 11 is 0. The SMILES string of the molecule is N#Cc1ccccc1N1CCN(C(=O)Nc2ccccc2C(F)(F)F)CC1. The lowest BCUT2D eigenvalue weighted by atomic mass is 10.1. The number of hydrogen-bond acceptors (Lipinski definition) is 3. The first kappa shape index (κ1) is 18.6. The number of nitrogens with zero attached hydrogens (tertiary/aromatic N) is 3. The number of carbonyl (C=O) groups excluding carboxylic acids is 1. The van der Waals surface area contributed by atoms with Crippen LogP contribution in [-0.4, -0.2) is 37.1 Å². The summed E-state index contributed by atoms with van der Waals surface area (Å²) in [7, 11) is 0. The van der Waals surface area contributed by atoms with Gasteiger partial charge in [-0.2, -0.15) is 18.4 Å². The van der Waals surface area contributed by atoms with E-state index in [9.17, 15) is 23.2 Å². The Morgan fingerprint density at radius 2 is 1.63 bits per heavy atom. The van der Waals surface area contributed by atoms with Gasteiger partial charge in [-0.15, -0.1) is 0 Å². The third-order valence-electron chi connectivity index (χ3n) is 4.41. The van der Waals surface area contributed by atoms with Crippen LogP contribution in [0.15, 0.2) is 48.5 Å². The predicted molar refractivity (Wildman–Crippen MR) is 95.4 cm³/mol. The van der Waals surface area contributed by atoms with E-state index in [2.05, 4.69) is 11.4 Å². The van der Waals surface area contributed by atoms with Crippen LogP contribution in [0.4, 0.5) is 29.3 Å². The molecule has 0 atom stereocenters. The van der Waals surface area contributed by atoms with Gasteiger partial charge in [0.15, 0.2) is 0 Å². The minimum Gasteiger partial charge on any atom is -0.367 e. The summed E-state index contributed by atoms with van der Waals surface area (Å²) in [5.74, 6) is 0. The van der Waals surface area contributed by atoms with E-state index in [0.717, 1.165) is 11.8 Å². The Balaban J connectivity index is 1.66. The molecule has 0 unspecified atom stereocenters. The fourth-order valence-corrected chi connectivity index (χ4v) is 3.03. The normalized spacial score (nSPS) is 14.6. The van der Waals surface area contributed by atoms with E-state index in [1.807, 2.05) is 17.0 Å². The maximum Gasteiger partial charge on any atom is 0.418 e. The second-order valence-corrected chi connectivity index (χ2v) is 6.08. The van der Waals surface area contributed by atoms with Gasteiger partial charge >= 0.3 is 12.2 Å². The average molecular weight is 374 g/mol. The summed E-state index contributed by atoms with van der Waals surface area (Å²) in [6.07, 6.45) is -4.54. The lowest BCUT2D eigenvalue weighted by molar-refractivity contribution is -0.136. The van der Waals surface area contributed by atoms with Gasteiger partial charge in [-0.1, -0.05) is 24.3 Å². The highest BCUT2D eigenvalue weighted by Crippen LogP contribution is 2.34. The molecule has 0 aromatic heterocycles. The Hall–Kier alpha value is -3.21. The molecule has 0 spiro atoms. The molecule has 1 fully saturated rings. The molecule has 2 aromatic carbocycles. The van der Waals surface area contributed by atoms with E-state index in [1.54, 1.807) is 12.1 Å². The number of halogens is 3. The van der Waals surface area contributed by atoms with Crippen molar-refractivity contribution in [3.63, 3.8) is 0 Å². The van der Waals surface area contributed by atoms with Gasteiger partial charge in [0.1, 0.15) is 6.07 Å². The number of benzene rings is 2. The molecular formula is C19H17F3N4O. The minimum absolute atomic E-state index is 0.257. The lowest BCUT2D eigenvalue weighted by Crippen LogP contribution is -2.50. The number of nitrogens with one attached hydrogen (secondary N) is 1. The van der Waals surface area contributed by atoms with Crippen molar-refractivity contribution in [2.24, 2.45) is 0 Å². The number of hydrogen-bond donors (Lipinski definition) is 1. The van der Waals surface area contributed by atoms with E-state index in [0.29, 0.717) is 31.7 Å². The van der Waals surface area contributed by atoms with Gasteiger partial charge in [-0.05, 0) is 24.3 Å². The molecular weight excluding hydrogens is 357 g/mol. The molecule has 5 nitrogen and oxygen atoms in total. The molecule has 1 heterocycles. The zero-order valence-electron chi connectivity index (χ0n) is 14.3. The van der Waals surface area contributed by atoms with Crippen LogP contribution >= 0.6 is 0 Å². The van der Waals surface area contributed by atoms with Crippen LogP contribution in [0.2, 0.25) is 0 Å². The number of carbonyl (C=O) groups is 1. The highest BCUT2D eigenvalue weighted by molar-refractivity contribution is 5.90. The van der Waals surface area contributed by atoms with E-state index < -0.39 is 17.8 Å². The summed E-state index contributed by atoms with van der Waals surface area (Å²) in [6.45, 7) is 1.68. The predicted octanol–water partition coefficient (Wildman–Crippen LogP) is 3.93. The third kappa shape index (κ3) is 4.14. The van der Waals surface area contributed by atoms with Crippen LogP contribution in [0.25, 0.3) is 0 Å². The molecule has 3 rings (SSSR count). The van der Waals surface area contributed by atoms with Crippen molar-refractivity contribution in [1.29, 1.82) is 5.26 Å². The van der Waals surface area contributed by atoms with Crippen LogP contribution in [0.1, 0.15) is 11.1 Å². The summed E-state index contributed by atoms with van der Waals surface area (Å²) < 4.78 is 39.2. The monoisotopic (exact) mass is 374 g/mol. The first-order valence-electron chi connectivity index (χ1n) is 8.36. The molecule has 0 aliphatic carbocycles. The van der Waals surface area contributed by atoms with Crippen molar-refractivity contribution in [2.45, 2.75) is 6.18 Å². The Bertz CT molecular complexity index is 868. The van der Waals surface area contributed by atoms with Gasteiger partial charge in [-0.3, -0.25) is 0 Å². The Morgan fingerprint density at radius 1 is 1.00 bits per heavy atom. The fourth-order valence-electron chi connectivity index (χ4n) is 3.03. The quantitative estimate of drug-likeness (QED) is 0.867. The van der Waals surface area contributed by atoms with Crippen molar-refractivity contribution < 1.29 is 18.0 Å². The van der Waals surface area contributed by atoms with Gasteiger partial charge in [0.25, 0.3) is 0 Å². The molecule has 8 heteroatoms. The zero-order chi connectivity index (χ0) is 19.4. The number of nitriles is 1. The molecule has 1 aliphatic heterocycles. The number of anilines is 2. The molecule has 1 N–H and O–H groups in total. The number of urea groups is 1. The summed E-state index contributed by atoms with van der Waals surface area (Å²) in [4.78, 5) is 15.9. The van der Waals surface area contributed by atoms with E-state index >= 15 is 0 Å². The van der Waals surface area contributed by atoms with E-state index in [4.69, 9.17) is 0 Å². The Labute approximate surface area is 154 Å². The van der Waals surface area contributed by atoms with E-state index in [-0.39, 0.29) is 5.69 Å². The van der Waals surface area contributed by atoms with Crippen molar-refractivity contribution in [1.82, 2.24) is 4.90 Å². The molecule has 1 aliphatic rings. The number of para-hydroxylation sites is 2. The van der Waals surface area contributed by atoms with Crippen LogP contribution < -0.4 is 10.2 Å². The van der Waals surface area contributed by atoms with Crippen LogP contribution in [0, 0.1) is 11.3 Å². The minimum atomic E-state index is -4.54. The Morgan fingerprint density at radius 3 is 2.30 bits per heavy atom. The highest BCUT2D eigenvalue weighted by atomic mass is 19.4. The number of piperazine rings is 1. The molecule has 27 heavy (non-hydrogen) atoms. The molecule has 2 aromatic rings. The summed E-state index contributed by atoms with van der Waals surface area (Å²) in [6, 6.07) is 13.7. The number of rotatable bonds is 2. The third-order valence-corrected chi connectivity index (χ3v) is 4.41. The molecule has 2 amide bonds. The van der Waals surface area contributed by atoms with Gasteiger partial charge in [0.05, 0.1) is 22.5 Å². The van der Waals surface area contributed by atoms with Crippen molar-refractivity contribution in [3.8, 4) is 6.07 Å². The van der Waals surface area contributed by atoms with Crippen molar-refractivity contribution >= 4 is 17.4 Å². The topological polar surface area (TPSA) is 59.4 Å². The smallest absolute Gasteiger partial charge is 0.367 e. The van der Waals surface area contributed by atoms with E-state index in [1.165, 1.54) is 23.1 Å². The van der Waals surface area contributed by atoms with Gasteiger partial charge < -0.3 is 15.1 Å². The molecule has 0 bridgehead atoms. The second kappa shape index (κ2) is 7.58. The largest absolute Gasteiger partial charge is 0.418 e. The van der Waals surface area contributed by atoms with Crippen LogP contribution in [-0.2, 0) is 6.18 Å². The second-order valence-electron chi connectivity index (χ2n) is 6.08. The molecule has 140 valence electrons. The van der Waals surface area contributed by atoms with Gasteiger partial charge in [0.2, 0.25) is 0 Å². The number of alkyl halides is 3. The lowest BCUT2D eigenvalue weighted by Gasteiger charge is -2.36. The standard InChI is InChI=1S/C19H17F3N4O/c20-19(21,22)15-6-2-3-7-16(15)24-18(27)26-11-9-25(10-12-26)17-8-4-1-5-14(17)13-23/h1-8H,9-12H2,(H,24,27). The maximum absolute atomic E-state index is 13.1. The molecule has 0 saturated carbocycles. The van der Waals surface area contributed by atoms with Crippen molar-refractivity contribution in [3.05, 3.63) is 59.7 Å². The van der Waals surface area contributed by atoms with Gasteiger partial charge in [0, 0.05) is 26.2 Å². The zero-order valence-corrected chi connectivity index (χ0v) is 14.3. The van der Waals surface area contributed by atoms with Crippen LogP contribution in [0.5, 0.6) is 0 Å². The first-order chi connectivity index (χ1) is 12.9. The summed E-state index contributed by atoms with van der Waals surface area (Å²) in [5.41, 5.74) is 0.212. The first-order valence-corrected chi connectivity index (χ1v) is 8.36. The van der Waals surface area contributed by atoms with Crippen molar-refractivity contribution in [2.75, 3.05) is 36.4 Å². The fraction of sp³-hybridized carbons (Fsp3) is 0.263. The highest BCUT2D eigenvalue weighted by Gasteiger charge is 2.34. The Kier molecular flexibility index (Phi) is 5.21. The molecule has 0 radical (unpaired) electrons. The number of amides is 2. The van der Waals surface area contributed by atoms with Gasteiger partial charge in [-0.25, -0.2) is 4.79 Å².